The molecule has 0 bridgehead atoms. The van der Waals surface area contributed by atoms with Crippen LogP contribution < -0.4 is 4.74 Å². The number of aliphatic hydroxyl groups is 1. The van der Waals surface area contributed by atoms with E-state index in [-0.39, 0.29) is 12.5 Å². The van der Waals surface area contributed by atoms with Gasteiger partial charge in [0.1, 0.15) is 5.75 Å². The Morgan fingerprint density at radius 1 is 1.11 bits per heavy atom. The van der Waals surface area contributed by atoms with Crippen molar-refractivity contribution < 1.29 is 14.6 Å². The van der Waals surface area contributed by atoms with E-state index in [0.29, 0.717) is 37.1 Å². The van der Waals surface area contributed by atoms with Crippen molar-refractivity contribution in [3.63, 3.8) is 0 Å². The third kappa shape index (κ3) is 4.08. The van der Waals surface area contributed by atoms with Crippen molar-refractivity contribution in [2.24, 2.45) is 0 Å². The smallest absolute Gasteiger partial charge is 0.257 e. The molecule has 6 rings (SSSR count). The van der Waals surface area contributed by atoms with Gasteiger partial charge in [0.25, 0.3) is 11.9 Å². The summed E-state index contributed by atoms with van der Waals surface area (Å²) in [5.41, 5.74) is 5.95. The van der Waals surface area contributed by atoms with E-state index in [4.69, 9.17) is 9.72 Å². The van der Waals surface area contributed by atoms with E-state index < -0.39 is 0 Å². The molecule has 1 N–H and O–H groups in total. The van der Waals surface area contributed by atoms with E-state index in [1.165, 1.54) is 5.56 Å². The van der Waals surface area contributed by atoms with E-state index in [0.717, 1.165) is 67.0 Å². The topological polar surface area (TPSA) is 96.6 Å². The van der Waals surface area contributed by atoms with Crippen LogP contribution in [0.1, 0.15) is 45.9 Å². The van der Waals surface area contributed by atoms with Crippen molar-refractivity contribution in [3.8, 4) is 23.0 Å². The number of β-amino-alcohol motifs (C(OH)–C–C–N with tert-alkyl or cyclic N) is 1. The van der Waals surface area contributed by atoms with Crippen LogP contribution in [0.4, 0.5) is 0 Å². The van der Waals surface area contributed by atoms with Gasteiger partial charge in [-0.3, -0.25) is 9.69 Å². The van der Waals surface area contributed by atoms with Crippen molar-refractivity contribution in [1.82, 2.24) is 29.5 Å². The van der Waals surface area contributed by atoms with Crippen molar-refractivity contribution in [2.45, 2.75) is 31.6 Å². The summed E-state index contributed by atoms with van der Waals surface area (Å²) in [7, 11) is 1.67. The monoisotopic (exact) mass is 474 g/mol. The fourth-order valence-corrected chi connectivity index (χ4v) is 5.22. The fourth-order valence-electron chi connectivity index (χ4n) is 5.22. The van der Waals surface area contributed by atoms with Crippen molar-refractivity contribution >= 4 is 5.91 Å². The van der Waals surface area contributed by atoms with E-state index in [2.05, 4.69) is 21.0 Å². The zero-order chi connectivity index (χ0) is 23.9. The third-order valence-corrected chi connectivity index (χ3v) is 7.35. The quantitative estimate of drug-likeness (QED) is 0.584. The molecule has 2 aromatic heterocycles. The second-order valence-corrected chi connectivity index (χ2v) is 9.55. The van der Waals surface area contributed by atoms with E-state index >= 15 is 0 Å². The molecule has 0 atom stereocenters. The standard InChI is InChI=1S/C26H30N6O3/c1-35-20-7-6-17-2-5-19-15-27-26(29-23(19)21(17)14-20)32-24(18-3-4-18)22(16-28-32)25(34)31-10-8-30(9-11-31)12-13-33/h6-7,14-16,18,33H,2-5,8-13H2,1H3. The Labute approximate surface area is 204 Å². The number of rotatable bonds is 6. The second-order valence-electron chi connectivity index (χ2n) is 9.55. The Morgan fingerprint density at radius 2 is 1.91 bits per heavy atom. The number of benzene rings is 1. The van der Waals surface area contributed by atoms with E-state index in [1.54, 1.807) is 18.0 Å². The number of piperazine rings is 1. The minimum Gasteiger partial charge on any atom is -0.497 e. The van der Waals surface area contributed by atoms with Crippen LogP contribution in [0.3, 0.4) is 0 Å². The Hall–Kier alpha value is -3.30. The molecule has 182 valence electrons. The van der Waals surface area contributed by atoms with Crippen LogP contribution in [0.15, 0.2) is 30.6 Å². The highest BCUT2D eigenvalue weighted by molar-refractivity contribution is 5.95. The van der Waals surface area contributed by atoms with Gasteiger partial charge in [-0.15, -0.1) is 0 Å². The summed E-state index contributed by atoms with van der Waals surface area (Å²) in [4.78, 5) is 27.2. The number of nitrogens with zero attached hydrogens (tertiary/aromatic N) is 6. The van der Waals surface area contributed by atoms with Crippen LogP contribution in [0.2, 0.25) is 0 Å². The van der Waals surface area contributed by atoms with E-state index in [1.807, 2.05) is 23.2 Å². The zero-order valence-electron chi connectivity index (χ0n) is 20.0. The molecule has 3 aliphatic rings. The summed E-state index contributed by atoms with van der Waals surface area (Å²) in [5, 5.41) is 13.8. The molecule has 3 aromatic rings. The SMILES string of the molecule is COc1ccc2c(c1)-c1nc(-n3ncc(C(=O)N4CCN(CCO)CC4)c3C3CC3)ncc1CC2. The van der Waals surface area contributed by atoms with Crippen LogP contribution in [-0.2, 0) is 12.8 Å². The zero-order valence-corrected chi connectivity index (χ0v) is 20.0. The minimum atomic E-state index is 0.0230. The first-order valence-electron chi connectivity index (χ1n) is 12.4. The summed E-state index contributed by atoms with van der Waals surface area (Å²) in [6.07, 6.45) is 7.53. The highest BCUT2D eigenvalue weighted by atomic mass is 16.5. The lowest BCUT2D eigenvalue weighted by Gasteiger charge is -2.34. The Bertz CT molecular complexity index is 1260. The second kappa shape index (κ2) is 9.05. The number of methoxy groups -OCH3 is 1. The molecule has 3 heterocycles. The molecule has 1 aliphatic heterocycles. The van der Waals surface area contributed by atoms with Crippen LogP contribution in [0.25, 0.3) is 17.2 Å². The first-order chi connectivity index (χ1) is 17.2. The summed E-state index contributed by atoms with van der Waals surface area (Å²) >= 11 is 0. The summed E-state index contributed by atoms with van der Waals surface area (Å²) in [5.74, 6) is 1.64. The van der Waals surface area contributed by atoms with Gasteiger partial charge in [-0.1, -0.05) is 6.07 Å². The van der Waals surface area contributed by atoms with Crippen molar-refractivity contribution in [2.75, 3.05) is 46.4 Å². The number of fused-ring (bicyclic) bond motifs is 3. The largest absolute Gasteiger partial charge is 0.497 e. The molecule has 1 amide bonds. The summed E-state index contributed by atoms with van der Waals surface area (Å²) < 4.78 is 7.24. The predicted octanol–water partition coefficient (Wildman–Crippen LogP) is 2.06. The van der Waals surface area contributed by atoms with Crippen molar-refractivity contribution in [3.05, 3.63) is 53.0 Å². The average molecular weight is 475 g/mol. The number of aliphatic hydroxyl groups excluding tert-OH is 1. The van der Waals surface area contributed by atoms with Crippen LogP contribution in [0, 0.1) is 0 Å². The maximum absolute atomic E-state index is 13.5. The first-order valence-corrected chi connectivity index (χ1v) is 12.4. The molecule has 9 heteroatoms. The van der Waals surface area contributed by atoms with Gasteiger partial charge in [0.05, 0.1) is 36.9 Å². The Morgan fingerprint density at radius 3 is 2.66 bits per heavy atom. The first kappa shape index (κ1) is 22.2. The number of aromatic nitrogens is 4. The fraction of sp³-hybridized carbons (Fsp3) is 0.462. The van der Waals surface area contributed by atoms with Gasteiger partial charge in [0.15, 0.2) is 0 Å². The molecule has 2 aliphatic carbocycles. The minimum absolute atomic E-state index is 0.0230. The van der Waals surface area contributed by atoms with Crippen LogP contribution >= 0.6 is 0 Å². The van der Waals surface area contributed by atoms with Gasteiger partial charge in [-0.25, -0.2) is 14.6 Å². The summed E-state index contributed by atoms with van der Waals surface area (Å²) in [6.45, 7) is 3.65. The number of ether oxygens (including phenoxy) is 1. The third-order valence-electron chi connectivity index (χ3n) is 7.35. The maximum Gasteiger partial charge on any atom is 0.257 e. The average Bonchev–Trinajstić information content (AvgIpc) is 3.65. The molecule has 0 unspecified atom stereocenters. The van der Waals surface area contributed by atoms with Crippen LogP contribution in [-0.4, -0.2) is 87.0 Å². The molecule has 1 saturated heterocycles. The Kier molecular flexibility index (Phi) is 5.74. The van der Waals surface area contributed by atoms with Gasteiger partial charge in [-0.05, 0) is 48.9 Å². The molecule has 0 spiro atoms. The van der Waals surface area contributed by atoms with Gasteiger partial charge < -0.3 is 14.7 Å². The lowest BCUT2D eigenvalue weighted by atomic mass is 9.90. The van der Waals surface area contributed by atoms with Gasteiger partial charge >= 0.3 is 0 Å². The van der Waals surface area contributed by atoms with Gasteiger partial charge in [0, 0.05) is 50.4 Å². The normalized spacial score (nSPS) is 17.7. The van der Waals surface area contributed by atoms with Gasteiger partial charge in [0.2, 0.25) is 0 Å². The number of hydrogen-bond acceptors (Lipinski definition) is 7. The predicted molar refractivity (Wildman–Crippen MR) is 130 cm³/mol. The van der Waals surface area contributed by atoms with Crippen LogP contribution in [0.5, 0.6) is 5.75 Å². The number of carbonyl (C=O) groups is 1. The number of hydrogen-bond donors (Lipinski definition) is 1. The lowest BCUT2D eigenvalue weighted by molar-refractivity contribution is 0.0614. The summed E-state index contributed by atoms with van der Waals surface area (Å²) in [6, 6.07) is 6.14. The molecular weight excluding hydrogens is 444 g/mol. The number of carbonyl (C=O) groups excluding carboxylic acids is 1. The molecular formula is C26H30N6O3. The van der Waals surface area contributed by atoms with Gasteiger partial charge in [-0.2, -0.15) is 5.10 Å². The van der Waals surface area contributed by atoms with E-state index in [9.17, 15) is 9.90 Å². The molecule has 35 heavy (non-hydrogen) atoms. The lowest BCUT2D eigenvalue weighted by Crippen LogP contribution is -2.49. The maximum atomic E-state index is 13.5. The molecule has 1 saturated carbocycles. The number of aryl methyl sites for hydroxylation is 2. The Balaban J connectivity index is 1.33. The van der Waals surface area contributed by atoms with Crippen molar-refractivity contribution in [1.29, 1.82) is 0 Å². The highest BCUT2D eigenvalue weighted by Gasteiger charge is 2.35. The molecule has 0 radical (unpaired) electrons. The highest BCUT2D eigenvalue weighted by Crippen LogP contribution is 2.43. The molecule has 1 aromatic carbocycles. The molecule has 9 nitrogen and oxygen atoms in total. The number of amides is 1. The molecule has 2 fully saturated rings.